The Morgan fingerprint density at radius 3 is 2.85 bits per heavy atom. The summed E-state index contributed by atoms with van der Waals surface area (Å²) in [6.45, 7) is 6.05. The molecule has 1 atom stereocenters. The molecule has 0 amide bonds. The van der Waals surface area contributed by atoms with Crippen molar-refractivity contribution in [3.8, 4) is 5.75 Å². The summed E-state index contributed by atoms with van der Waals surface area (Å²) in [4.78, 5) is 5.33. The topological polar surface area (TPSA) is 15.7 Å². The normalized spacial score (nSPS) is 24.9. The maximum absolute atomic E-state index is 5.49. The first kappa shape index (κ1) is 13.9. The Morgan fingerprint density at radius 2 is 1.95 bits per heavy atom. The van der Waals surface area contributed by atoms with Crippen LogP contribution in [0, 0.1) is 0 Å². The van der Waals surface area contributed by atoms with Crippen LogP contribution in [0.5, 0.6) is 5.75 Å². The first-order valence-corrected chi connectivity index (χ1v) is 7.95. The number of benzene rings is 1. The van der Waals surface area contributed by atoms with E-state index in [1.165, 1.54) is 57.4 Å². The summed E-state index contributed by atoms with van der Waals surface area (Å²) in [6, 6.07) is 9.21. The standard InChI is InChI=1S/C17H26N2O/c1-20-17-9-3-2-7-15(17)13-18-10-6-12-19-11-5-4-8-16(19)14-18/h2-3,7,9,16H,4-6,8,10-14H2,1H3. The fourth-order valence-electron chi connectivity index (χ4n) is 3.67. The lowest BCUT2D eigenvalue weighted by atomic mass is 10.0. The van der Waals surface area contributed by atoms with Gasteiger partial charge in [0.1, 0.15) is 5.75 Å². The minimum atomic E-state index is 0.779. The summed E-state index contributed by atoms with van der Waals surface area (Å²) in [7, 11) is 1.77. The van der Waals surface area contributed by atoms with Crippen molar-refractivity contribution in [1.82, 2.24) is 9.80 Å². The number of para-hydroxylation sites is 1. The molecular formula is C17H26N2O. The predicted octanol–water partition coefficient (Wildman–Crippen LogP) is 2.76. The summed E-state index contributed by atoms with van der Waals surface area (Å²) in [5.41, 5.74) is 1.32. The molecule has 110 valence electrons. The summed E-state index contributed by atoms with van der Waals surface area (Å²) in [5, 5.41) is 0. The van der Waals surface area contributed by atoms with Gasteiger partial charge in [0.25, 0.3) is 0 Å². The molecule has 0 aromatic heterocycles. The highest BCUT2D eigenvalue weighted by Crippen LogP contribution is 2.24. The highest BCUT2D eigenvalue weighted by atomic mass is 16.5. The molecule has 3 rings (SSSR count). The number of methoxy groups -OCH3 is 1. The largest absolute Gasteiger partial charge is 0.496 e. The first-order valence-electron chi connectivity index (χ1n) is 7.95. The van der Waals surface area contributed by atoms with Gasteiger partial charge in [-0.15, -0.1) is 0 Å². The summed E-state index contributed by atoms with van der Waals surface area (Å²) >= 11 is 0. The van der Waals surface area contributed by atoms with Crippen LogP contribution in [0.3, 0.4) is 0 Å². The van der Waals surface area contributed by atoms with Gasteiger partial charge >= 0.3 is 0 Å². The van der Waals surface area contributed by atoms with Crippen LogP contribution in [-0.2, 0) is 6.54 Å². The highest BCUT2D eigenvalue weighted by molar-refractivity contribution is 5.33. The van der Waals surface area contributed by atoms with Gasteiger partial charge in [-0.1, -0.05) is 24.6 Å². The number of nitrogens with zero attached hydrogens (tertiary/aromatic N) is 2. The molecule has 2 fully saturated rings. The van der Waals surface area contributed by atoms with Crippen LogP contribution in [0.25, 0.3) is 0 Å². The van der Waals surface area contributed by atoms with Crippen molar-refractivity contribution in [2.24, 2.45) is 0 Å². The Hall–Kier alpha value is -1.06. The SMILES string of the molecule is COc1ccccc1CN1CCCN2CCCCC2C1. The van der Waals surface area contributed by atoms with Crippen molar-refractivity contribution in [2.75, 3.05) is 33.3 Å². The molecule has 3 nitrogen and oxygen atoms in total. The van der Waals surface area contributed by atoms with E-state index in [9.17, 15) is 0 Å². The molecule has 2 aliphatic rings. The molecule has 1 unspecified atom stereocenters. The monoisotopic (exact) mass is 274 g/mol. The Balaban J connectivity index is 1.67. The van der Waals surface area contributed by atoms with E-state index in [1.807, 2.05) is 6.07 Å². The minimum absolute atomic E-state index is 0.779. The van der Waals surface area contributed by atoms with Crippen molar-refractivity contribution in [3.63, 3.8) is 0 Å². The average Bonchev–Trinajstić information content (AvgIpc) is 2.69. The molecule has 0 radical (unpaired) electrons. The molecule has 3 heteroatoms. The maximum atomic E-state index is 5.49. The predicted molar refractivity (Wildman–Crippen MR) is 82.1 cm³/mol. The quantitative estimate of drug-likeness (QED) is 0.843. The molecule has 1 aromatic carbocycles. The van der Waals surface area contributed by atoms with Crippen molar-refractivity contribution in [2.45, 2.75) is 38.3 Å². The third kappa shape index (κ3) is 3.15. The van der Waals surface area contributed by atoms with Crippen molar-refractivity contribution in [1.29, 1.82) is 0 Å². The van der Waals surface area contributed by atoms with E-state index in [-0.39, 0.29) is 0 Å². The van der Waals surface area contributed by atoms with Gasteiger partial charge in [-0.2, -0.15) is 0 Å². The summed E-state index contributed by atoms with van der Waals surface area (Å²) < 4.78 is 5.49. The van der Waals surface area contributed by atoms with Gasteiger partial charge in [-0.3, -0.25) is 9.80 Å². The molecule has 2 saturated heterocycles. The van der Waals surface area contributed by atoms with E-state index in [1.54, 1.807) is 7.11 Å². The fraction of sp³-hybridized carbons (Fsp3) is 0.647. The van der Waals surface area contributed by atoms with E-state index >= 15 is 0 Å². The number of rotatable bonds is 3. The minimum Gasteiger partial charge on any atom is -0.496 e. The molecule has 20 heavy (non-hydrogen) atoms. The van der Waals surface area contributed by atoms with E-state index in [0.29, 0.717) is 0 Å². The molecule has 0 bridgehead atoms. The second-order valence-electron chi connectivity index (χ2n) is 6.09. The zero-order chi connectivity index (χ0) is 13.8. The first-order chi connectivity index (χ1) is 9.86. The molecular weight excluding hydrogens is 248 g/mol. The second kappa shape index (κ2) is 6.59. The van der Waals surface area contributed by atoms with Crippen LogP contribution in [0.4, 0.5) is 0 Å². The number of piperidine rings is 1. The van der Waals surface area contributed by atoms with Gasteiger partial charge < -0.3 is 4.74 Å². The van der Waals surface area contributed by atoms with Crippen LogP contribution >= 0.6 is 0 Å². The second-order valence-corrected chi connectivity index (χ2v) is 6.09. The van der Waals surface area contributed by atoms with Crippen LogP contribution in [0.2, 0.25) is 0 Å². The van der Waals surface area contributed by atoms with E-state index in [0.717, 1.165) is 18.3 Å². The van der Waals surface area contributed by atoms with Gasteiger partial charge in [0.2, 0.25) is 0 Å². The van der Waals surface area contributed by atoms with E-state index in [2.05, 4.69) is 28.0 Å². The third-order valence-electron chi connectivity index (χ3n) is 4.72. The number of hydrogen-bond acceptors (Lipinski definition) is 3. The number of hydrogen-bond donors (Lipinski definition) is 0. The summed E-state index contributed by atoms with van der Waals surface area (Å²) in [5.74, 6) is 1.03. The molecule has 0 saturated carbocycles. The maximum Gasteiger partial charge on any atom is 0.123 e. The third-order valence-corrected chi connectivity index (χ3v) is 4.72. The molecule has 2 aliphatic heterocycles. The Kier molecular flexibility index (Phi) is 4.58. The molecule has 1 aromatic rings. The lowest BCUT2D eigenvalue weighted by Gasteiger charge is -2.35. The highest BCUT2D eigenvalue weighted by Gasteiger charge is 2.27. The van der Waals surface area contributed by atoms with Gasteiger partial charge in [0.05, 0.1) is 7.11 Å². The fourth-order valence-corrected chi connectivity index (χ4v) is 3.67. The molecule has 0 spiro atoms. The molecule has 0 N–H and O–H groups in total. The smallest absolute Gasteiger partial charge is 0.123 e. The summed E-state index contributed by atoms with van der Waals surface area (Å²) in [6.07, 6.45) is 5.47. The Morgan fingerprint density at radius 1 is 1.10 bits per heavy atom. The molecule has 2 heterocycles. The van der Waals surface area contributed by atoms with Crippen molar-refractivity contribution in [3.05, 3.63) is 29.8 Å². The van der Waals surface area contributed by atoms with Crippen LogP contribution in [-0.4, -0.2) is 49.1 Å². The molecule has 0 aliphatic carbocycles. The average molecular weight is 274 g/mol. The zero-order valence-electron chi connectivity index (χ0n) is 12.6. The van der Waals surface area contributed by atoms with Crippen LogP contribution in [0.1, 0.15) is 31.2 Å². The van der Waals surface area contributed by atoms with Crippen LogP contribution in [0.15, 0.2) is 24.3 Å². The van der Waals surface area contributed by atoms with Gasteiger partial charge in [-0.05, 0) is 45.0 Å². The van der Waals surface area contributed by atoms with Crippen LogP contribution < -0.4 is 4.74 Å². The van der Waals surface area contributed by atoms with Gasteiger partial charge in [0.15, 0.2) is 0 Å². The van der Waals surface area contributed by atoms with Gasteiger partial charge in [-0.25, -0.2) is 0 Å². The van der Waals surface area contributed by atoms with Crippen molar-refractivity contribution >= 4 is 0 Å². The van der Waals surface area contributed by atoms with Crippen molar-refractivity contribution < 1.29 is 4.74 Å². The lowest BCUT2D eigenvalue weighted by Crippen LogP contribution is -2.43. The van der Waals surface area contributed by atoms with E-state index in [4.69, 9.17) is 4.74 Å². The Bertz CT molecular complexity index is 435. The zero-order valence-corrected chi connectivity index (χ0v) is 12.6. The van der Waals surface area contributed by atoms with E-state index < -0.39 is 0 Å². The number of fused-ring (bicyclic) bond motifs is 1. The van der Waals surface area contributed by atoms with Gasteiger partial charge in [0, 0.05) is 24.7 Å². The lowest BCUT2D eigenvalue weighted by molar-refractivity contribution is 0.134. The Labute approximate surface area is 122 Å². The number of ether oxygens (including phenoxy) is 1.